The molecule has 1 aromatic rings. The minimum absolute atomic E-state index is 0.122. The first-order chi connectivity index (χ1) is 4.83. The van der Waals surface area contributed by atoms with E-state index in [1.165, 1.54) is 9.75 Å². The molecule has 0 aliphatic heterocycles. The first kappa shape index (κ1) is 7.51. The lowest BCUT2D eigenvalue weighted by Crippen LogP contribution is -1.68. The molecule has 0 radical (unpaired) electrons. The Bertz CT molecular complexity index is 225. The maximum atomic E-state index is 8.45. The molecule has 0 aliphatic rings. The third-order valence-electron chi connectivity index (χ3n) is 1.15. The zero-order chi connectivity index (χ0) is 7.40. The van der Waals surface area contributed by atoms with E-state index in [1.54, 1.807) is 17.4 Å². The molecule has 0 saturated carbocycles. The van der Waals surface area contributed by atoms with Gasteiger partial charge in [-0.2, -0.15) is 0 Å². The number of thiophene rings is 1. The van der Waals surface area contributed by atoms with Gasteiger partial charge in [-0.3, -0.25) is 0 Å². The number of aliphatic hydroxyl groups excluding tert-OH is 1. The van der Waals surface area contributed by atoms with Crippen LogP contribution < -0.4 is 0 Å². The van der Waals surface area contributed by atoms with Crippen molar-refractivity contribution in [3.8, 4) is 0 Å². The number of hydrogen-bond acceptors (Lipinski definition) is 2. The van der Waals surface area contributed by atoms with Crippen LogP contribution in [0.3, 0.4) is 0 Å². The molecule has 0 saturated heterocycles. The Morgan fingerprint density at radius 1 is 1.60 bits per heavy atom. The second-order valence-corrected chi connectivity index (χ2v) is 3.35. The van der Waals surface area contributed by atoms with E-state index in [1.807, 2.05) is 12.1 Å². The van der Waals surface area contributed by atoms with E-state index in [0.29, 0.717) is 0 Å². The van der Waals surface area contributed by atoms with Gasteiger partial charge in [0.05, 0.1) is 6.61 Å². The van der Waals surface area contributed by atoms with Crippen LogP contribution in [0.25, 0.3) is 6.08 Å². The van der Waals surface area contributed by atoms with Crippen LogP contribution in [0.15, 0.2) is 18.2 Å². The third kappa shape index (κ3) is 1.97. The molecule has 10 heavy (non-hydrogen) atoms. The van der Waals surface area contributed by atoms with E-state index in [9.17, 15) is 0 Å². The van der Waals surface area contributed by atoms with Crippen molar-refractivity contribution in [2.45, 2.75) is 6.92 Å². The van der Waals surface area contributed by atoms with Crippen molar-refractivity contribution in [2.75, 3.05) is 6.61 Å². The van der Waals surface area contributed by atoms with Crippen molar-refractivity contribution in [3.63, 3.8) is 0 Å². The summed E-state index contributed by atoms with van der Waals surface area (Å²) in [5.74, 6) is 0. The molecule has 1 aromatic heterocycles. The van der Waals surface area contributed by atoms with Gasteiger partial charge in [-0.15, -0.1) is 11.3 Å². The minimum Gasteiger partial charge on any atom is -0.392 e. The van der Waals surface area contributed by atoms with Crippen LogP contribution in [0.4, 0.5) is 0 Å². The van der Waals surface area contributed by atoms with E-state index < -0.39 is 0 Å². The van der Waals surface area contributed by atoms with Gasteiger partial charge in [0, 0.05) is 9.75 Å². The Labute approximate surface area is 64.6 Å². The summed E-state index contributed by atoms with van der Waals surface area (Å²) >= 11 is 1.73. The molecule has 1 rings (SSSR count). The van der Waals surface area contributed by atoms with Crippen molar-refractivity contribution in [2.24, 2.45) is 0 Å². The summed E-state index contributed by atoms with van der Waals surface area (Å²) in [7, 11) is 0. The van der Waals surface area contributed by atoms with Gasteiger partial charge in [0.15, 0.2) is 0 Å². The van der Waals surface area contributed by atoms with Gasteiger partial charge >= 0.3 is 0 Å². The summed E-state index contributed by atoms with van der Waals surface area (Å²) < 4.78 is 0. The van der Waals surface area contributed by atoms with E-state index in [4.69, 9.17) is 5.11 Å². The molecule has 0 bridgehead atoms. The van der Waals surface area contributed by atoms with Gasteiger partial charge in [0.25, 0.3) is 0 Å². The molecule has 0 aromatic carbocycles. The van der Waals surface area contributed by atoms with Crippen molar-refractivity contribution in [1.29, 1.82) is 0 Å². The smallest absolute Gasteiger partial charge is 0.0615 e. The van der Waals surface area contributed by atoms with Gasteiger partial charge in [-0.1, -0.05) is 6.08 Å². The van der Waals surface area contributed by atoms with Gasteiger partial charge in [-0.25, -0.2) is 0 Å². The van der Waals surface area contributed by atoms with Crippen LogP contribution >= 0.6 is 11.3 Å². The zero-order valence-corrected chi connectivity index (χ0v) is 6.69. The van der Waals surface area contributed by atoms with Crippen LogP contribution in [-0.4, -0.2) is 11.7 Å². The van der Waals surface area contributed by atoms with E-state index in [2.05, 4.69) is 13.0 Å². The maximum Gasteiger partial charge on any atom is 0.0615 e. The highest BCUT2D eigenvalue weighted by Crippen LogP contribution is 2.15. The quantitative estimate of drug-likeness (QED) is 0.691. The average molecular weight is 154 g/mol. The summed E-state index contributed by atoms with van der Waals surface area (Å²) in [6, 6.07) is 4.12. The summed E-state index contributed by atoms with van der Waals surface area (Å²) in [5.41, 5.74) is 0. The van der Waals surface area contributed by atoms with Crippen LogP contribution in [0, 0.1) is 6.92 Å². The Kier molecular flexibility index (Phi) is 2.66. The van der Waals surface area contributed by atoms with E-state index in [-0.39, 0.29) is 6.61 Å². The third-order valence-corrected chi connectivity index (χ3v) is 2.11. The fourth-order valence-electron chi connectivity index (χ4n) is 0.712. The summed E-state index contributed by atoms with van der Waals surface area (Å²) in [4.78, 5) is 2.50. The van der Waals surface area contributed by atoms with Crippen molar-refractivity contribution in [3.05, 3.63) is 28.0 Å². The first-order valence-corrected chi connectivity index (χ1v) is 3.98. The molecule has 0 atom stereocenters. The topological polar surface area (TPSA) is 20.2 Å². The Morgan fingerprint density at radius 3 is 2.90 bits per heavy atom. The number of aryl methyl sites for hydroxylation is 1. The lowest BCUT2D eigenvalue weighted by molar-refractivity contribution is 0.343. The molecule has 0 fully saturated rings. The molecule has 0 aliphatic carbocycles. The molecule has 2 heteroatoms. The second kappa shape index (κ2) is 3.54. The van der Waals surface area contributed by atoms with E-state index >= 15 is 0 Å². The van der Waals surface area contributed by atoms with Crippen LogP contribution in [0.2, 0.25) is 0 Å². The molecule has 0 spiro atoms. The van der Waals surface area contributed by atoms with Crippen LogP contribution in [0.5, 0.6) is 0 Å². The minimum atomic E-state index is 0.122. The molecule has 1 N–H and O–H groups in total. The SMILES string of the molecule is Cc1ccc(/C=C\CO)s1. The zero-order valence-electron chi connectivity index (χ0n) is 5.87. The highest BCUT2D eigenvalue weighted by molar-refractivity contribution is 7.12. The summed E-state index contributed by atoms with van der Waals surface area (Å²) in [6.07, 6.45) is 3.67. The molecule has 54 valence electrons. The molecule has 1 heterocycles. The Balaban J connectivity index is 2.67. The standard InChI is InChI=1S/C8H10OS/c1-7-4-5-8(10-7)3-2-6-9/h2-5,9H,6H2,1H3/b3-2-. The normalized spacial score (nSPS) is 11.0. The lowest BCUT2D eigenvalue weighted by atomic mass is 10.4. The number of aliphatic hydroxyl groups is 1. The average Bonchev–Trinajstić information content (AvgIpc) is 2.31. The maximum absolute atomic E-state index is 8.45. The highest BCUT2D eigenvalue weighted by Gasteiger charge is 1.88. The molecular formula is C8H10OS. The number of rotatable bonds is 2. The second-order valence-electron chi connectivity index (χ2n) is 2.03. The van der Waals surface area contributed by atoms with E-state index in [0.717, 1.165) is 0 Å². The highest BCUT2D eigenvalue weighted by atomic mass is 32.1. The molecule has 0 unspecified atom stereocenters. The van der Waals surface area contributed by atoms with Crippen molar-refractivity contribution < 1.29 is 5.11 Å². The monoisotopic (exact) mass is 154 g/mol. The Morgan fingerprint density at radius 2 is 2.40 bits per heavy atom. The molecule has 1 nitrogen and oxygen atoms in total. The van der Waals surface area contributed by atoms with Crippen LogP contribution in [-0.2, 0) is 0 Å². The predicted octanol–water partition coefficient (Wildman–Crippen LogP) is 2.06. The largest absolute Gasteiger partial charge is 0.392 e. The summed E-state index contributed by atoms with van der Waals surface area (Å²) in [5, 5.41) is 8.45. The van der Waals surface area contributed by atoms with Crippen molar-refractivity contribution in [1.82, 2.24) is 0 Å². The number of hydrogen-bond donors (Lipinski definition) is 1. The summed E-state index contributed by atoms with van der Waals surface area (Å²) in [6.45, 7) is 2.19. The molecular weight excluding hydrogens is 144 g/mol. The van der Waals surface area contributed by atoms with Crippen molar-refractivity contribution >= 4 is 17.4 Å². The predicted molar refractivity (Wildman–Crippen MR) is 45.2 cm³/mol. The molecule has 0 amide bonds. The lowest BCUT2D eigenvalue weighted by Gasteiger charge is -1.80. The van der Waals surface area contributed by atoms with Crippen LogP contribution in [0.1, 0.15) is 9.75 Å². The first-order valence-electron chi connectivity index (χ1n) is 3.17. The fourth-order valence-corrected chi connectivity index (χ4v) is 1.52. The van der Waals surface area contributed by atoms with Gasteiger partial charge in [0.1, 0.15) is 0 Å². The van der Waals surface area contributed by atoms with Gasteiger partial charge < -0.3 is 5.11 Å². The van der Waals surface area contributed by atoms with Gasteiger partial charge in [-0.05, 0) is 25.1 Å². The van der Waals surface area contributed by atoms with Gasteiger partial charge in [0.2, 0.25) is 0 Å². The Hall–Kier alpha value is -0.600. The fraction of sp³-hybridized carbons (Fsp3) is 0.250.